The average Bonchev–Trinajstić information content (AvgIpc) is 2.92. The van der Waals surface area contributed by atoms with Crippen molar-refractivity contribution in [2.45, 2.75) is 31.0 Å². The number of sulfonamides is 1. The predicted molar refractivity (Wildman–Crippen MR) is 141 cm³/mol. The number of hydrogen-bond acceptors (Lipinski definition) is 6. The summed E-state index contributed by atoms with van der Waals surface area (Å²) in [7, 11) is -3.88. The molecule has 8 nitrogen and oxygen atoms in total. The third-order valence-electron chi connectivity index (χ3n) is 6.61. The second kappa shape index (κ2) is 10.9. The number of benzene rings is 3. The van der Waals surface area contributed by atoms with Crippen LogP contribution in [0.5, 0.6) is 5.75 Å². The fourth-order valence-electron chi connectivity index (χ4n) is 4.53. The molecule has 0 aromatic heterocycles. The fraction of sp³-hybridized carbons (Fsp3) is 0.321. The van der Waals surface area contributed by atoms with Gasteiger partial charge in [-0.05, 0) is 47.9 Å². The van der Waals surface area contributed by atoms with E-state index in [1.165, 1.54) is 9.87 Å². The van der Waals surface area contributed by atoms with Crippen molar-refractivity contribution in [1.29, 1.82) is 0 Å². The standard InChI is InChI=1S/C28H31N3O5S/c1-21-7-12-25-26(17-21)36-27(20-31(25)37(33,34)24-5-3-2-4-6-24)28(32)29-18-22-8-10-23(11-9-22)19-30-13-15-35-16-14-30/h2-12,17,27H,13-16,18-20H2,1H3,(H,29,32)/t27-/m0/s1. The number of carbonyl (C=O) groups is 1. The molecule has 3 aromatic carbocycles. The van der Waals surface area contributed by atoms with E-state index < -0.39 is 16.1 Å². The van der Waals surface area contributed by atoms with E-state index in [0.717, 1.165) is 44.0 Å². The van der Waals surface area contributed by atoms with Crippen molar-refractivity contribution in [2.75, 3.05) is 37.2 Å². The Balaban J connectivity index is 1.27. The lowest BCUT2D eigenvalue weighted by Crippen LogP contribution is -2.50. The molecule has 9 heteroatoms. The molecule has 1 saturated heterocycles. The van der Waals surface area contributed by atoms with Gasteiger partial charge >= 0.3 is 0 Å². The number of nitrogens with one attached hydrogen (secondary N) is 1. The van der Waals surface area contributed by atoms with Crippen LogP contribution in [0, 0.1) is 6.92 Å². The molecule has 1 fully saturated rings. The largest absolute Gasteiger partial charge is 0.476 e. The van der Waals surface area contributed by atoms with E-state index >= 15 is 0 Å². The highest BCUT2D eigenvalue weighted by Gasteiger charge is 2.37. The van der Waals surface area contributed by atoms with Gasteiger partial charge in [0, 0.05) is 26.2 Å². The van der Waals surface area contributed by atoms with E-state index in [-0.39, 0.29) is 17.3 Å². The molecule has 0 aliphatic carbocycles. The number of morpholine rings is 1. The van der Waals surface area contributed by atoms with E-state index in [1.807, 2.05) is 25.1 Å². The van der Waals surface area contributed by atoms with Gasteiger partial charge in [0.25, 0.3) is 15.9 Å². The van der Waals surface area contributed by atoms with Crippen LogP contribution in [0.25, 0.3) is 0 Å². The van der Waals surface area contributed by atoms with Gasteiger partial charge in [-0.1, -0.05) is 48.5 Å². The third kappa shape index (κ3) is 5.79. The van der Waals surface area contributed by atoms with Gasteiger partial charge in [-0.3, -0.25) is 14.0 Å². The van der Waals surface area contributed by atoms with Crippen LogP contribution in [-0.2, 0) is 32.6 Å². The molecule has 1 amide bonds. The lowest BCUT2D eigenvalue weighted by molar-refractivity contribution is -0.127. The molecule has 3 aromatic rings. The van der Waals surface area contributed by atoms with Gasteiger partial charge in [0.15, 0.2) is 6.10 Å². The zero-order chi connectivity index (χ0) is 25.8. The van der Waals surface area contributed by atoms with Gasteiger partial charge in [0.1, 0.15) is 5.75 Å². The normalized spacial score (nSPS) is 18.1. The van der Waals surface area contributed by atoms with Gasteiger partial charge in [-0.2, -0.15) is 0 Å². The molecule has 0 spiro atoms. The minimum absolute atomic E-state index is 0.113. The number of anilines is 1. The minimum Gasteiger partial charge on any atom is -0.476 e. The van der Waals surface area contributed by atoms with Crippen molar-refractivity contribution in [3.8, 4) is 5.75 Å². The summed E-state index contributed by atoms with van der Waals surface area (Å²) in [6.45, 7) is 6.36. The van der Waals surface area contributed by atoms with E-state index in [1.54, 1.807) is 42.5 Å². The summed E-state index contributed by atoms with van der Waals surface area (Å²) in [4.78, 5) is 15.7. The molecule has 2 aliphatic heterocycles. The van der Waals surface area contributed by atoms with Crippen LogP contribution in [-0.4, -0.2) is 58.2 Å². The second-order valence-electron chi connectivity index (χ2n) is 9.35. The first kappa shape index (κ1) is 25.3. The molecule has 0 radical (unpaired) electrons. The summed E-state index contributed by atoms with van der Waals surface area (Å²) in [5, 5.41) is 2.91. The van der Waals surface area contributed by atoms with E-state index in [0.29, 0.717) is 18.0 Å². The third-order valence-corrected chi connectivity index (χ3v) is 8.40. The van der Waals surface area contributed by atoms with Gasteiger partial charge in [0.2, 0.25) is 0 Å². The number of aryl methyl sites for hydroxylation is 1. The molecule has 37 heavy (non-hydrogen) atoms. The van der Waals surface area contributed by atoms with Gasteiger partial charge in [-0.25, -0.2) is 8.42 Å². The summed E-state index contributed by atoms with van der Waals surface area (Å²) < 4.78 is 39.6. The second-order valence-corrected chi connectivity index (χ2v) is 11.2. The SMILES string of the molecule is Cc1ccc2c(c1)O[C@H](C(=O)NCc1ccc(CN3CCOCC3)cc1)CN2S(=O)(=O)c1ccccc1. The van der Waals surface area contributed by atoms with E-state index in [9.17, 15) is 13.2 Å². The monoisotopic (exact) mass is 521 g/mol. The summed E-state index contributed by atoms with van der Waals surface area (Å²) >= 11 is 0. The van der Waals surface area contributed by atoms with Crippen LogP contribution in [0.3, 0.4) is 0 Å². The number of fused-ring (bicyclic) bond motifs is 1. The Kier molecular flexibility index (Phi) is 7.45. The molecular weight excluding hydrogens is 490 g/mol. The molecule has 0 unspecified atom stereocenters. The van der Waals surface area contributed by atoms with Crippen LogP contribution >= 0.6 is 0 Å². The Hall–Kier alpha value is -3.40. The van der Waals surface area contributed by atoms with Crippen molar-refractivity contribution >= 4 is 21.6 Å². The zero-order valence-electron chi connectivity index (χ0n) is 20.8. The van der Waals surface area contributed by atoms with Crippen LogP contribution in [0.4, 0.5) is 5.69 Å². The van der Waals surface area contributed by atoms with Gasteiger partial charge in [0.05, 0.1) is 30.3 Å². The highest BCUT2D eigenvalue weighted by Crippen LogP contribution is 2.37. The molecule has 1 N–H and O–H groups in total. The van der Waals surface area contributed by atoms with Crippen LogP contribution in [0.2, 0.25) is 0 Å². The van der Waals surface area contributed by atoms with Gasteiger partial charge in [-0.15, -0.1) is 0 Å². The van der Waals surface area contributed by atoms with Crippen LogP contribution in [0.1, 0.15) is 16.7 Å². The summed E-state index contributed by atoms with van der Waals surface area (Å²) in [6, 6.07) is 21.7. The Morgan fingerprint density at radius 2 is 1.68 bits per heavy atom. The molecule has 5 rings (SSSR count). The summed E-state index contributed by atoms with van der Waals surface area (Å²) in [6.07, 6.45) is -0.978. The van der Waals surface area contributed by atoms with Crippen molar-refractivity contribution in [3.05, 3.63) is 89.5 Å². The molecule has 2 aliphatic rings. The summed E-state index contributed by atoms with van der Waals surface area (Å²) in [5.41, 5.74) is 3.50. The topological polar surface area (TPSA) is 88.2 Å². The molecule has 194 valence electrons. The Morgan fingerprint density at radius 1 is 0.973 bits per heavy atom. The first-order valence-electron chi connectivity index (χ1n) is 12.4. The molecule has 2 heterocycles. The summed E-state index contributed by atoms with van der Waals surface area (Å²) in [5.74, 6) is 0.0104. The Morgan fingerprint density at radius 3 is 2.41 bits per heavy atom. The van der Waals surface area contributed by atoms with Crippen molar-refractivity contribution in [3.63, 3.8) is 0 Å². The lowest BCUT2D eigenvalue weighted by atomic mass is 10.1. The maximum Gasteiger partial charge on any atom is 0.264 e. The Labute approximate surface area is 217 Å². The van der Waals surface area contributed by atoms with E-state index in [2.05, 4.69) is 22.3 Å². The quantitative estimate of drug-likeness (QED) is 0.514. The maximum atomic E-state index is 13.5. The molecule has 0 bridgehead atoms. The predicted octanol–water partition coefficient (Wildman–Crippen LogP) is 3.10. The number of hydrogen-bond donors (Lipinski definition) is 1. The first-order valence-corrected chi connectivity index (χ1v) is 13.8. The first-order chi connectivity index (χ1) is 17.9. The van der Waals surface area contributed by atoms with Crippen molar-refractivity contribution in [1.82, 2.24) is 10.2 Å². The van der Waals surface area contributed by atoms with Gasteiger partial charge < -0.3 is 14.8 Å². The molecular formula is C28H31N3O5S. The average molecular weight is 522 g/mol. The highest BCUT2D eigenvalue weighted by atomic mass is 32.2. The lowest BCUT2D eigenvalue weighted by Gasteiger charge is -2.35. The van der Waals surface area contributed by atoms with Crippen molar-refractivity contribution < 1.29 is 22.7 Å². The number of ether oxygens (including phenoxy) is 2. The van der Waals surface area contributed by atoms with Crippen LogP contribution < -0.4 is 14.4 Å². The molecule has 1 atom stereocenters. The number of nitrogens with zero attached hydrogens (tertiary/aromatic N) is 2. The van der Waals surface area contributed by atoms with Crippen molar-refractivity contribution in [2.24, 2.45) is 0 Å². The van der Waals surface area contributed by atoms with Crippen LogP contribution in [0.15, 0.2) is 77.7 Å². The Bertz CT molecular complexity index is 1340. The molecule has 0 saturated carbocycles. The number of rotatable bonds is 7. The smallest absolute Gasteiger partial charge is 0.264 e. The minimum atomic E-state index is -3.88. The fourth-order valence-corrected chi connectivity index (χ4v) is 6.02. The highest BCUT2D eigenvalue weighted by molar-refractivity contribution is 7.92. The maximum absolute atomic E-state index is 13.5. The number of carbonyl (C=O) groups excluding carboxylic acids is 1. The number of amides is 1. The zero-order valence-corrected chi connectivity index (χ0v) is 21.6. The van der Waals surface area contributed by atoms with E-state index in [4.69, 9.17) is 9.47 Å².